The van der Waals surface area contributed by atoms with Crippen molar-refractivity contribution >= 4 is 41.4 Å². The highest BCUT2D eigenvalue weighted by atomic mass is 35.5. The molecule has 2 atom stereocenters. The molecule has 0 spiro atoms. The topological polar surface area (TPSA) is 88.1 Å². The molecule has 166 valence electrons. The lowest BCUT2D eigenvalue weighted by molar-refractivity contribution is 0.0983. The molecule has 7 nitrogen and oxygen atoms in total. The third kappa shape index (κ3) is 4.46. The summed E-state index contributed by atoms with van der Waals surface area (Å²) in [5.74, 6) is 1.08. The molecular weight excluding hydrogens is 454 g/mol. The zero-order valence-corrected chi connectivity index (χ0v) is 18.6. The van der Waals surface area contributed by atoms with Crippen LogP contribution in [0.3, 0.4) is 0 Å². The molecule has 1 saturated heterocycles. The molecular formula is C22H21Cl2FN6O. The maximum absolute atomic E-state index is 14.5. The summed E-state index contributed by atoms with van der Waals surface area (Å²) >= 11 is 0. The molecule has 1 aliphatic rings. The van der Waals surface area contributed by atoms with Crippen LogP contribution in [0.4, 0.5) is 4.39 Å². The monoisotopic (exact) mass is 474 g/mol. The van der Waals surface area contributed by atoms with Crippen molar-refractivity contribution in [2.45, 2.75) is 25.1 Å². The highest BCUT2D eigenvalue weighted by molar-refractivity contribution is 5.86. The van der Waals surface area contributed by atoms with Crippen LogP contribution < -0.4 is 10.1 Å². The van der Waals surface area contributed by atoms with E-state index in [1.807, 2.05) is 30.3 Å². The average molecular weight is 475 g/mol. The molecule has 5 rings (SSSR count). The van der Waals surface area contributed by atoms with Crippen molar-refractivity contribution in [3.05, 3.63) is 54.2 Å². The van der Waals surface area contributed by atoms with Crippen molar-refractivity contribution in [2.24, 2.45) is 0 Å². The quantitative estimate of drug-likeness (QED) is 0.480. The maximum atomic E-state index is 14.5. The van der Waals surface area contributed by atoms with Crippen molar-refractivity contribution in [3.8, 4) is 23.3 Å². The number of hydrogen-bond acceptors (Lipinski definition) is 6. The van der Waals surface area contributed by atoms with Crippen LogP contribution in [-0.4, -0.2) is 44.9 Å². The fourth-order valence-electron chi connectivity index (χ4n) is 3.74. The summed E-state index contributed by atoms with van der Waals surface area (Å²) in [5, 5.41) is 21.7. The predicted octanol–water partition coefficient (Wildman–Crippen LogP) is 4.13. The number of benzene rings is 1. The van der Waals surface area contributed by atoms with Gasteiger partial charge >= 0.3 is 0 Å². The van der Waals surface area contributed by atoms with Gasteiger partial charge in [-0.1, -0.05) is 18.2 Å². The molecule has 0 unspecified atom stereocenters. The summed E-state index contributed by atoms with van der Waals surface area (Å²) in [4.78, 5) is 4.77. The number of ether oxygens (including phenoxy) is 1. The molecule has 1 N–H and O–H groups in total. The molecule has 1 fully saturated rings. The van der Waals surface area contributed by atoms with E-state index in [0.29, 0.717) is 53.4 Å². The van der Waals surface area contributed by atoms with Crippen LogP contribution in [0, 0.1) is 11.3 Å². The minimum absolute atomic E-state index is 0. The zero-order valence-electron chi connectivity index (χ0n) is 16.9. The van der Waals surface area contributed by atoms with Gasteiger partial charge in [0, 0.05) is 11.6 Å². The summed E-state index contributed by atoms with van der Waals surface area (Å²) in [5.41, 5.74) is 2.37. The second-order valence-corrected chi connectivity index (χ2v) is 7.31. The predicted molar refractivity (Wildman–Crippen MR) is 124 cm³/mol. The van der Waals surface area contributed by atoms with Gasteiger partial charge in [0.25, 0.3) is 0 Å². The van der Waals surface area contributed by atoms with Crippen molar-refractivity contribution < 1.29 is 9.13 Å². The van der Waals surface area contributed by atoms with Crippen molar-refractivity contribution in [1.82, 2.24) is 24.9 Å². The van der Waals surface area contributed by atoms with Crippen LogP contribution in [0.2, 0.25) is 0 Å². The van der Waals surface area contributed by atoms with E-state index >= 15 is 0 Å². The van der Waals surface area contributed by atoms with E-state index in [2.05, 4.69) is 21.6 Å². The van der Waals surface area contributed by atoms with Gasteiger partial charge in [-0.2, -0.15) is 5.26 Å². The number of nitriles is 1. The van der Waals surface area contributed by atoms with Gasteiger partial charge in [0.2, 0.25) is 0 Å². The first kappa shape index (κ1) is 23.7. The second-order valence-electron chi connectivity index (χ2n) is 7.31. The van der Waals surface area contributed by atoms with Crippen LogP contribution in [-0.2, 0) is 0 Å². The van der Waals surface area contributed by atoms with Gasteiger partial charge in [0.1, 0.15) is 35.3 Å². The first-order chi connectivity index (χ1) is 14.7. The lowest BCUT2D eigenvalue weighted by atomic mass is 10.1. The Morgan fingerprint density at radius 1 is 1.06 bits per heavy atom. The first-order valence-corrected chi connectivity index (χ1v) is 9.89. The third-order valence-electron chi connectivity index (χ3n) is 5.33. The zero-order chi connectivity index (χ0) is 20.5. The van der Waals surface area contributed by atoms with E-state index in [1.165, 1.54) is 0 Å². The SMILES string of the molecule is Cl.Cl.N#Cc1ccc2nnc(-c3ccc4cccc(O[C@@H]5CCNCC[C@H]5F)c4n3)n2c1. The Labute approximate surface area is 196 Å². The number of alkyl halides is 1. The van der Waals surface area contributed by atoms with E-state index in [1.54, 1.807) is 22.7 Å². The van der Waals surface area contributed by atoms with Gasteiger partial charge in [0.05, 0.1) is 5.56 Å². The summed E-state index contributed by atoms with van der Waals surface area (Å²) in [6, 6.07) is 15.0. The molecule has 0 saturated carbocycles. The van der Waals surface area contributed by atoms with Crippen molar-refractivity contribution in [3.63, 3.8) is 0 Å². The number of hydrogen-bond donors (Lipinski definition) is 1. The summed E-state index contributed by atoms with van der Waals surface area (Å²) in [6.07, 6.45) is 1.18. The number of nitrogens with zero attached hydrogens (tertiary/aromatic N) is 5. The van der Waals surface area contributed by atoms with Gasteiger partial charge in [-0.15, -0.1) is 35.0 Å². The van der Waals surface area contributed by atoms with Gasteiger partial charge < -0.3 is 10.1 Å². The second kappa shape index (κ2) is 10.1. The number of para-hydroxylation sites is 1. The molecule has 10 heteroatoms. The number of fused-ring (bicyclic) bond motifs is 2. The Morgan fingerprint density at radius 3 is 2.75 bits per heavy atom. The van der Waals surface area contributed by atoms with Gasteiger partial charge in [-0.25, -0.2) is 9.37 Å². The largest absolute Gasteiger partial charge is 0.485 e. The minimum atomic E-state index is -1.02. The number of pyridine rings is 2. The van der Waals surface area contributed by atoms with E-state index in [0.717, 1.165) is 11.9 Å². The van der Waals surface area contributed by atoms with Crippen LogP contribution in [0.15, 0.2) is 48.7 Å². The van der Waals surface area contributed by atoms with Crippen molar-refractivity contribution in [2.75, 3.05) is 13.1 Å². The molecule has 1 aromatic carbocycles. The Bertz CT molecular complexity index is 1270. The minimum Gasteiger partial charge on any atom is -0.485 e. The summed E-state index contributed by atoms with van der Waals surface area (Å²) in [6.45, 7) is 1.38. The first-order valence-electron chi connectivity index (χ1n) is 9.89. The maximum Gasteiger partial charge on any atom is 0.187 e. The molecule has 1 aliphatic heterocycles. The number of halogens is 3. The molecule has 4 heterocycles. The van der Waals surface area contributed by atoms with Crippen LogP contribution in [0.25, 0.3) is 28.1 Å². The van der Waals surface area contributed by atoms with E-state index < -0.39 is 12.3 Å². The number of rotatable bonds is 3. The molecule has 0 aliphatic carbocycles. The third-order valence-corrected chi connectivity index (χ3v) is 5.33. The fourth-order valence-corrected chi connectivity index (χ4v) is 3.74. The normalized spacial score (nSPS) is 18.2. The molecule has 0 bridgehead atoms. The van der Waals surface area contributed by atoms with E-state index in [-0.39, 0.29) is 24.8 Å². The van der Waals surface area contributed by atoms with E-state index in [9.17, 15) is 9.65 Å². The Morgan fingerprint density at radius 2 is 1.91 bits per heavy atom. The molecule has 3 aromatic heterocycles. The molecule has 32 heavy (non-hydrogen) atoms. The smallest absolute Gasteiger partial charge is 0.187 e. The van der Waals surface area contributed by atoms with Crippen LogP contribution in [0.5, 0.6) is 5.75 Å². The number of aromatic nitrogens is 4. The number of nitrogens with one attached hydrogen (secondary N) is 1. The highest BCUT2D eigenvalue weighted by Crippen LogP contribution is 2.29. The summed E-state index contributed by atoms with van der Waals surface area (Å²) < 4.78 is 22.3. The summed E-state index contributed by atoms with van der Waals surface area (Å²) in [7, 11) is 0. The van der Waals surface area contributed by atoms with Gasteiger partial charge in [-0.3, -0.25) is 4.40 Å². The van der Waals surface area contributed by atoms with Gasteiger partial charge in [0.15, 0.2) is 11.5 Å². The highest BCUT2D eigenvalue weighted by Gasteiger charge is 2.25. The standard InChI is InChI=1S/C22H19FN6O.2ClH/c23-16-8-10-25-11-9-18(16)30-19-3-1-2-15-5-6-17(26-21(15)19)22-28-27-20-7-4-14(12-24)13-29(20)22;;/h1-7,13,16,18,25H,8-11H2;2*1H/t16-,18-;;/m1../s1. The van der Waals surface area contributed by atoms with Crippen LogP contribution >= 0.6 is 24.8 Å². The van der Waals surface area contributed by atoms with E-state index in [4.69, 9.17) is 9.72 Å². The Hall–Kier alpha value is -2.99. The molecule has 0 radical (unpaired) electrons. The van der Waals surface area contributed by atoms with Crippen LogP contribution in [0.1, 0.15) is 18.4 Å². The lowest BCUT2D eigenvalue weighted by Gasteiger charge is -2.21. The van der Waals surface area contributed by atoms with Gasteiger partial charge in [-0.05, 0) is 50.2 Å². The lowest BCUT2D eigenvalue weighted by Crippen LogP contribution is -2.28. The Kier molecular flexibility index (Phi) is 7.46. The fraction of sp³-hybridized carbons (Fsp3) is 0.273. The molecule has 4 aromatic rings. The van der Waals surface area contributed by atoms with Crippen molar-refractivity contribution in [1.29, 1.82) is 5.26 Å². The average Bonchev–Trinajstić information content (AvgIpc) is 3.10. The molecule has 0 amide bonds. The Balaban J connectivity index is 0.00000144.